The molecule has 2 aromatic rings. The summed E-state index contributed by atoms with van der Waals surface area (Å²) in [5.74, 6) is -1.30. The number of amides is 1. The SMILES string of the molecule is CC[C@@H](N=C1NS(=O)(=O)N=C1Nc1cccc(C(N)=O)c1O)c1ccccc1. The Bertz CT molecular complexity index is 1060. The van der Waals surface area contributed by atoms with Gasteiger partial charge in [-0.2, -0.15) is 8.42 Å². The predicted molar refractivity (Wildman–Crippen MR) is 107 cm³/mol. The van der Waals surface area contributed by atoms with Crippen LogP contribution in [0.3, 0.4) is 0 Å². The van der Waals surface area contributed by atoms with Crippen molar-refractivity contribution in [1.82, 2.24) is 4.72 Å². The summed E-state index contributed by atoms with van der Waals surface area (Å²) in [4.78, 5) is 15.9. The van der Waals surface area contributed by atoms with Crippen molar-refractivity contribution in [2.75, 3.05) is 5.32 Å². The Morgan fingerprint density at radius 3 is 2.61 bits per heavy atom. The van der Waals surface area contributed by atoms with Crippen LogP contribution in [0.4, 0.5) is 5.69 Å². The molecule has 5 N–H and O–H groups in total. The van der Waals surface area contributed by atoms with Crippen molar-refractivity contribution in [3.05, 3.63) is 59.7 Å². The molecular weight excluding hydrogens is 382 g/mol. The number of aliphatic imine (C=N–C) groups is 1. The van der Waals surface area contributed by atoms with Gasteiger partial charge in [0.15, 0.2) is 17.4 Å². The maximum atomic E-state index is 12.0. The lowest BCUT2D eigenvalue weighted by molar-refractivity contribution is 0.0998. The number of nitrogens with one attached hydrogen (secondary N) is 2. The highest BCUT2D eigenvalue weighted by Crippen LogP contribution is 2.28. The average molecular weight is 401 g/mol. The van der Waals surface area contributed by atoms with E-state index in [9.17, 15) is 18.3 Å². The van der Waals surface area contributed by atoms with E-state index in [2.05, 4.69) is 19.4 Å². The first-order valence-corrected chi connectivity index (χ1v) is 9.89. The molecule has 0 saturated heterocycles. The lowest BCUT2D eigenvalue weighted by atomic mass is 10.1. The summed E-state index contributed by atoms with van der Waals surface area (Å²) in [6, 6.07) is 13.4. The van der Waals surface area contributed by atoms with E-state index in [0.29, 0.717) is 6.42 Å². The molecule has 0 fully saturated rings. The van der Waals surface area contributed by atoms with Crippen LogP contribution in [0, 0.1) is 0 Å². The van der Waals surface area contributed by atoms with Crippen molar-refractivity contribution in [2.24, 2.45) is 15.1 Å². The van der Waals surface area contributed by atoms with E-state index >= 15 is 0 Å². The second-order valence-electron chi connectivity index (χ2n) is 6.02. The number of amidine groups is 2. The number of rotatable bonds is 5. The zero-order valence-corrected chi connectivity index (χ0v) is 15.8. The van der Waals surface area contributed by atoms with Gasteiger partial charge in [0.05, 0.1) is 17.3 Å². The fourth-order valence-electron chi connectivity index (χ4n) is 2.73. The van der Waals surface area contributed by atoms with Gasteiger partial charge in [0.2, 0.25) is 0 Å². The predicted octanol–water partition coefficient (Wildman–Crippen LogP) is 1.70. The van der Waals surface area contributed by atoms with Gasteiger partial charge in [0.25, 0.3) is 5.91 Å². The topological polar surface area (TPSA) is 146 Å². The molecule has 1 aliphatic rings. The van der Waals surface area contributed by atoms with Crippen molar-refractivity contribution in [1.29, 1.82) is 0 Å². The molecule has 0 bridgehead atoms. The standard InChI is InChI=1S/C18H19N5O4S/c1-2-13(11-7-4-3-5-8-11)20-17-18(23-28(26,27)22-17)21-14-10-6-9-12(15(14)24)16(19)25/h3-10,13,24H,2H2,1H3,(H2,19,25)(H,20,22)(H,21,23)/t13-/m1/s1. The number of phenols is 1. The van der Waals surface area contributed by atoms with Crippen LogP contribution in [0.15, 0.2) is 57.9 Å². The normalized spacial score (nSPS) is 17.6. The van der Waals surface area contributed by atoms with E-state index in [-0.39, 0.29) is 29.0 Å². The van der Waals surface area contributed by atoms with Crippen molar-refractivity contribution < 1.29 is 18.3 Å². The number of para-hydroxylation sites is 1. The molecule has 0 spiro atoms. The number of hydrogen-bond donors (Lipinski definition) is 4. The summed E-state index contributed by atoms with van der Waals surface area (Å²) in [6.45, 7) is 1.93. The maximum Gasteiger partial charge on any atom is 0.345 e. The summed E-state index contributed by atoms with van der Waals surface area (Å²) in [7, 11) is -3.97. The Morgan fingerprint density at radius 2 is 1.96 bits per heavy atom. The van der Waals surface area contributed by atoms with Gasteiger partial charge in [-0.25, -0.2) is 4.72 Å². The summed E-state index contributed by atoms with van der Waals surface area (Å²) >= 11 is 0. The molecule has 0 unspecified atom stereocenters. The first kappa shape index (κ1) is 19.4. The quantitative estimate of drug-likeness (QED) is 0.563. The molecule has 1 atom stereocenters. The number of anilines is 1. The highest BCUT2D eigenvalue weighted by Gasteiger charge is 2.28. The first-order valence-electron chi connectivity index (χ1n) is 8.45. The minimum absolute atomic E-state index is 0.0135. The van der Waals surface area contributed by atoms with E-state index in [0.717, 1.165) is 5.56 Å². The van der Waals surface area contributed by atoms with Crippen molar-refractivity contribution >= 4 is 33.5 Å². The smallest absolute Gasteiger partial charge is 0.345 e. The average Bonchev–Trinajstić information content (AvgIpc) is 2.95. The highest BCUT2D eigenvalue weighted by atomic mass is 32.2. The Balaban J connectivity index is 1.97. The molecule has 0 saturated carbocycles. The zero-order valence-electron chi connectivity index (χ0n) is 15.0. The number of aromatic hydroxyl groups is 1. The van der Waals surface area contributed by atoms with Crippen LogP contribution in [0.5, 0.6) is 5.75 Å². The fraction of sp³-hybridized carbons (Fsp3) is 0.167. The number of hydrogen-bond acceptors (Lipinski definition) is 6. The summed E-state index contributed by atoms with van der Waals surface area (Å²) in [5.41, 5.74) is 6.11. The first-order chi connectivity index (χ1) is 13.3. The molecule has 10 heteroatoms. The zero-order chi connectivity index (χ0) is 20.3. The fourth-order valence-corrected chi connectivity index (χ4v) is 3.54. The molecule has 1 amide bonds. The molecule has 2 aromatic carbocycles. The molecule has 0 aromatic heterocycles. The van der Waals surface area contributed by atoms with Crippen LogP contribution < -0.4 is 15.8 Å². The van der Waals surface area contributed by atoms with E-state index in [1.165, 1.54) is 18.2 Å². The number of carbonyl (C=O) groups is 1. The summed E-state index contributed by atoms with van der Waals surface area (Å²) in [5, 5.41) is 12.9. The molecule has 146 valence electrons. The lowest BCUT2D eigenvalue weighted by Gasteiger charge is -2.13. The maximum absolute atomic E-state index is 12.0. The molecule has 1 heterocycles. The van der Waals surface area contributed by atoms with E-state index in [1.807, 2.05) is 37.3 Å². The largest absolute Gasteiger partial charge is 0.505 e. The molecular formula is C18H19N5O4S. The molecule has 9 nitrogen and oxygen atoms in total. The summed E-state index contributed by atoms with van der Waals surface area (Å²) in [6.07, 6.45) is 0.630. The second kappa shape index (κ2) is 7.69. The van der Waals surface area contributed by atoms with Gasteiger partial charge in [-0.3, -0.25) is 9.79 Å². The minimum Gasteiger partial charge on any atom is -0.505 e. The molecule has 3 rings (SSSR count). The van der Waals surface area contributed by atoms with Crippen LogP contribution in [0.25, 0.3) is 0 Å². The van der Waals surface area contributed by atoms with Crippen LogP contribution in [0.1, 0.15) is 35.3 Å². The van der Waals surface area contributed by atoms with Crippen LogP contribution >= 0.6 is 0 Å². The van der Waals surface area contributed by atoms with Crippen LogP contribution in [-0.2, 0) is 10.2 Å². The van der Waals surface area contributed by atoms with Crippen molar-refractivity contribution in [3.8, 4) is 5.75 Å². The Kier molecular flexibility index (Phi) is 5.32. The number of benzene rings is 2. The van der Waals surface area contributed by atoms with E-state index < -0.39 is 21.9 Å². The van der Waals surface area contributed by atoms with Gasteiger partial charge >= 0.3 is 10.2 Å². The van der Waals surface area contributed by atoms with Crippen molar-refractivity contribution in [3.63, 3.8) is 0 Å². The van der Waals surface area contributed by atoms with E-state index in [1.54, 1.807) is 0 Å². The number of nitrogens with zero attached hydrogens (tertiary/aromatic N) is 2. The van der Waals surface area contributed by atoms with Gasteiger partial charge in [0, 0.05) is 0 Å². The molecule has 1 aliphatic heterocycles. The summed E-state index contributed by atoms with van der Waals surface area (Å²) < 4.78 is 29.8. The van der Waals surface area contributed by atoms with Gasteiger partial charge < -0.3 is 16.2 Å². The third-order valence-electron chi connectivity index (χ3n) is 4.07. The minimum atomic E-state index is -3.97. The van der Waals surface area contributed by atoms with Gasteiger partial charge in [-0.1, -0.05) is 43.3 Å². The molecule has 0 aliphatic carbocycles. The van der Waals surface area contributed by atoms with Gasteiger partial charge in [-0.15, -0.1) is 4.40 Å². The monoisotopic (exact) mass is 401 g/mol. The van der Waals surface area contributed by atoms with Crippen LogP contribution in [-0.4, -0.2) is 31.1 Å². The number of primary amides is 1. The number of nitrogens with two attached hydrogens (primary N) is 1. The molecule has 0 radical (unpaired) electrons. The third kappa shape index (κ3) is 4.12. The van der Waals surface area contributed by atoms with Crippen molar-refractivity contribution in [2.45, 2.75) is 19.4 Å². The highest BCUT2D eigenvalue weighted by molar-refractivity contribution is 7.89. The molecule has 28 heavy (non-hydrogen) atoms. The Labute approximate surface area is 162 Å². The Hall–Kier alpha value is -3.40. The second-order valence-corrected chi connectivity index (χ2v) is 7.36. The Morgan fingerprint density at radius 1 is 1.25 bits per heavy atom. The van der Waals surface area contributed by atoms with E-state index in [4.69, 9.17) is 5.73 Å². The number of carbonyl (C=O) groups excluding carboxylic acids is 1. The van der Waals surface area contributed by atoms with Gasteiger partial charge in [0.1, 0.15) is 0 Å². The lowest BCUT2D eigenvalue weighted by Crippen LogP contribution is -2.31. The van der Waals surface area contributed by atoms with Gasteiger partial charge in [-0.05, 0) is 24.1 Å². The van der Waals surface area contributed by atoms with Crippen LogP contribution in [0.2, 0.25) is 0 Å². The third-order valence-corrected chi connectivity index (χ3v) is 4.95.